The van der Waals surface area contributed by atoms with Crippen molar-refractivity contribution in [3.63, 3.8) is 0 Å². The van der Waals surface area contributed by atoms with E-state index in [-0.39, 0.29) is 24.0 Å². The molecule has 1 aromatic rings. The van der Waals surface area contributed by atoms with Gasteiger partial charge in [0.25, 0.3) is 0 Å². The first kappa shape index (κ1) is 15.8. The molecule has 0 aliphatic carbocycles. The number of likely N-dealkylation sites (tertiary alicyclic amines) is 1. The third kappa shape index (κ3) is 4.22. The average molecular weight is 316 g/mol. The van der Waals surface area contributed by atoms with Crippen molar-refractivity contribution >= 4 is 17.6 Å². The number of urea groups is 1. The summed E-state index contributed by atoms with van der Waals surface area (Å²) in [5.74, 6) is 0.217. The van der Waals surface area contributed by atoms with Crippen molar-refractivity contribution in [2.24, 2.45) is 0 Å². The van der Waals surface area contributed by atoms with Gasteiger partial charge in [-0.1, -0.05) is 18.2 Å². The zero-order valence-corrected chi connectivity index (χ0v) is 13.3. The highest BCUT2D eigenvalue weighted by atomic mass is 16.2. The molecule has 2 fully saturated rings. The van der Waals surface area contributed by atoms with Gasteiger partial charge in [0.05, 0.1) is 6.04 Å². The molecular formula is C17H24N4O2. The molecule has 2 aliphatic heterocycles. The summed E-state index contributed by atoms with van der Waals surface area (Å²) < 4.78 is 0. The highest BCUT2D eigenvalue weighted by Gasteiger charge is 2.30. The molecule has 0 bridgehead atoms. The lowest BCUT2D eigenvalue weighted by Crippen LogP contribution is -2.51. The SMILES string of the molecule is O=C(Nc1ccccc1)NC1CCN(C(=O)C2CCCN2)CC1. The molecule has 23 heavy (non-hydrogen) atoms. The second kappa shape index (κ2) is 7.46. The second-order valence-electron chi connectivity index (χ2n) is 6.21. The maximum Gasteiger partial charge on any atom is 0.319 e. The number of benzene rings is 1. The molecule has 1 unspecified atom stereocenters. The number of anilines is 1. The number of amides is 3. The normalized spacial score (nSPS) is 21.9. The summed E-state index contributed by atoms with van der Waals surface area (Å²) in [5, 5.41) is 9.07. The van der Waals surface area contributed by atoms with E-state index < -0.39 is 0 Å². The number of carbonyl (C=O) groups is 2. The van der Waals surface area contributed by atoms with Crippen LogP contribution in [0.1, 0.15) is 25.7 Å². The Morgan fingerprint density at radius 3 is 2.48 bits per heavy atom. The summed E-state index contributed by atoms with van der Waals surface area (Å²) in [6.45, 7) is 2.37. The van der Waals surface area contributed by atoms with Gasteiger partial charge in [0.1, 0.15) is 0 Å². The fourth-order valence-corrected chi connectivity index (χ4v) is 3.23. The van der Waals surface area contributed by atoms with E-state index in [4.69, 9.17) is 0 Å². The van der Waals surface area contributed by atoms with Gasteiger partial charge >= 0.3 is 6.03 Å². The van der Waals surface area contributed by atoms with E-state index in [1.54, 1.807) is 0 Å². The van der Waals surface area contributed by atoms with Crippen LogP contribution in [0.15, 0.2) is 30.3 Å². The van der Waals surface area contributed by atoms with Crippen LogP contribution < -0.4 is 16.0 Å². The summed E-state index contributed by atoms with van der Waals surface area (Å²) in [6, 6.07) is 9.34. The topological polar surface area (TPSA) is 73.5 Å². The first-order chi connectivity index (χ1) is 11.2. The average Bonchev–Trinajstić information content (AvgIpc) is 3.10. The highest BCUT2D eigenvalue weighted by molar-refractivity contribution is 5.89. The first-order valence-electron chi connectivity index (χ1n) is 8.37. The Bertz CT molecular complexity index is 535. The number of rotatable bonds is 3. The van der Waals surface area contributed by atoms with Gasteiger partial charge in [0.2, 0.25) is 5.91 Å². The van der Waals surface area contributed by atoms with Crippen LogP contribution >= 0.6 is 0 Å². The molecule has 6 heteroatoms. The zero-order chi connectivity index (χ0) is 16.1. The molecule has 0 aromatic heterocycles. The van der Waals surface area contributed by atoms with E-state index in [2.05, 4.69) is 16.0 Å². The number of hydrogen-bond donors (Lipinski definition) is 3. The van der Waals surface area contributed by atoms with Gasteiger partial charge in [-0.25, -0.2) is 4.79 Å². The molecular weight excluding hydrogens is 292 g/mol. The fourth-order valence-electron chi connectivity index (χ4n) is 3.23. The Balaban J connectivity index is 1.42. The smallest absolute Gasteiger partial charge is 0.319 e. The Hall–Kier alpha value is -2.08. The predicted octanol–water partition coefficient (Wildman–Crippen LogP) is 1.55. The van der Waals surface area contributed by atoms with Gasteiger partial charge in [-0.15, -0.1) is 0 Å². The van der Waals surface area contributed by atoms with Crippen LogP contribution in [-0.4, -0.2) is 48.6 Å². The van der Waals surface area contributed by atoms with E-state index >= 15 is 0 Å². The molecule has 6 nitrogen and oxygen atoms in total. The Morgan fingerprint density at radius 2 is 1.83 bits per heavy atom. The van der Waals surface area contributed by atoms with Gasteiger partial charge in [-0.2, -0.15) is 0 Å². The molecule has 3 rings (SSSR count). The Kier molecular flexibility index (Phi) is 5.12. The number of piperidine rings is 1. The molecule has 1 atom stereocenters. The van der Waals surface area contributed by atoms with Crippen molar-refractivity contribution in [3.8, 4) is 0 Å². The van der Waals surface area contributed by atoms with Crippen LogP contribution in [-0.2, 0) is 4.79 Å². The van der Waals surface area contributed by atoms with E-state index in [0.29, 0.717) is 13.1 Å². The molecule has 0 spiro atoms. The summed E-state index contributed by atoms with van der Waals surface area (Å²) in [5.41, 5.74) is 0.782. The van der Waals surface area contributed by atoms with E-state index in [1.807, 2.05) is 35.2 Å². The summed E-state index contributed by atoms with van der Waals surface area (Å²) in [7, 11) is 0. The lowest BCUT2D eigenvalue weighted by atomic mass is 10.0. The lowest BCUT2D eigenvalue weighted by Gasteiger charge is -2.33. The van der Waals surface area contributed by atoms with Crippen molar-refractivity contribution < 1.29 is 9.59 Å². The number of para-hydroxylation sites is 1. The first-order valence-corrected chi connectivity index (χ1v) is 8.37. The van der Waals surface area contributed by atoms with E-state index in [1.165, 1.54) is 0 Å². The standard InChI is InChI=1S/C17H24N4O2/c22-16(15-7-4-10-18-15)21-11-8-14(9-12-21)20-17(23)19-13-5-2-1-3-6-13/h1-3,5-6,14-15,18H,4,7-12H2,(H2,19,20,23). The monoisotopic (exact) mass is 316 g/mol. The highest BCUT2D eigenvalue weighted by Crippen LogP contribution is 2.15. The largest absolute Gasteiger partial charge is 0.341 e. The minimum absolute atomic E-state index is 0.000823. The third-order valence-corrected chi connectivity index (χ3v) is 4.53. The van der Waals surface area contributed by atoms with Crippen molar-refractivity contribution in [2.75, 3.05) is 25.0 Å². The number of hydrogen-bond acceptors (Lipinski definition) is 3. The van der Waals surface area contributed by atoms with Crippen LogP contribution in [0, 0.1) is 0 Å². The second-order valence-corrected chi connectivity index (χ2v) is 6.21. The quantitative estimate of drug-likeness (QED) is 0.792. The number of nitrogens with one attached hydrogen (secondary N) is 3. The summed E-state index contributed by atoms with van der Waals surface area (Å²) >= 11 is 0. The van der Waals surface area contributed by atoms with Crippen LogP contribution in [0.4, 0.5) is 10.5 Å². The molecule has 2 heterocycles. The van der Waals surface area contributed by atoms with Gasteiger partial charge in [-0.05, 0) is 44.4 Å². The molecule has 1 aromatic carbocycles. The lowest BCUT2D eigenvalue weighted by molar-refractivity contribution is -0.134. The summed E-state index contributed by atoms with van der Waals surface area (Å²) in [6.07, 6.45) is 3.63. The fraction of sp³-hybridized carbons (Fsp3) is 0.529. The van der Waals surface area contributed by atoms with Crippen LogP contribution in [0.2, 0.25) is 0 Å². The van der Waals surface area contributed by atoms with Gasteiger partial charge in [0, 0.05) is 24.8 Å². The number of nitrogens with zero attached hydrogens (tertiary/aromatic N) is 1. The minimum Gasteiger partial charge on any atom is -0.341 e. The molecule has 0 radical (unpaired) electrons. The van der Waals surface area contributed by atoms with Gasteiger partial charge in [-0.3, -0.25) is 4.79 Å². The number of carbonyl (C=O) groups excluding carboxylic acids is 2. The zero-order valence-electron chi connectivity index (χ0n) is 13.3. The van der Waals surface area contributed by atoms with Crippen LogP contribution in [0.3, 0.4) is 0 Å². The summed E-state index contributed by atoms with van der Waals surface area (Å²) in [4.78, 5) is 26.3. The van der Waals surface area contributed by atoms with Gasteiger partial charge in [0.15, 0.2) is 0 Å². The molecule has 2 aliphatic rings. The van der Waals surface area contributed by atoms with Gasteiger partial charge < -0.3 is 20.9 Å². The minimum atomic E-state index is -0.182. The van der Waals surface area contributed by atoms with Crippen molar-refractivity contribution in [1.82, 2.24) is 15.5 Å². The molecule has 124 valence electrons. The van der Waals surface area contributed by atoms with Crippen molar-refractivity contribution in [1.29, 1.82) is 0 Å². The Labute approximate surface area is 136 Å². The molecule has 3 N–H and O–H groups in total. The molecule has 0 saturated carbocycles. The van der Waals surface area contributed by atoms with Crippen molar-refractivity contribution in [2.45, 2.75) is 37.8 Å². The van der Waals surface area contributed by atoms with Crippen LogP contribution in [0.25, 0.3) is 0 Å². The van der Waals surface area contributed by atoms with E-state index in [9.17, 15) is 9.59 Å². The molecule has 2 saturated heterocycles. The molecule has 3 amide bonds. The predicted molar refractivity (Wildman–Crippen MR) is 89.2 cm³/mol. The van der Waals surface area contributed by atoms with Crippen LogP contribution in [0.5, 0.6) is 0 Å². The van der Waals surface area contributed by atoms with Crippen molar-refractivity contribution in [3.05, 3.63) is 30.3 Å². The maximum absolute atomic E-state index is 12.3. The third-order valence-electron chi connectivity index (χ3n) is 4.53. The Morgan fingerprint density at radius 1 is 1.09 bits per heavy atom. The maximum atomic E-state index is 12.3. The van der Waals surface area contributed by atoms with E-state index in [0.717, 1.165) is 37.9 Å².